The third kappa shape index (κ3) is 5.47. The van der Waals surface area contributed by atoms with Gasteiger partial charge in [-0.3, -0.25) is 0 Å². The molecule has 0 aromatic heterocycles. The minimum atomic E-state index is -1.93. The van der Waals surface area contributed by atoms with Crippen LogP contribution >= 0.6 is 18.6 Å². The molecule has 1 nitrogen and oxygen atoms in total. The predicted octanol–water partition coefficient (Wildman–Crippen LogP) is 6.92. The van der Waals surface area contributed by atoms with Crippen molar-refractivity contribution < 1.29 is 21.4 Å². The van der Waals surface area contributed by atoms with E-state index in [1.165, 1.54) is 41.3 Å². The molecule has 0 heterocycles. The summed E-state index contributed by atoms with van der Waals surface area (Å²) in [5.41, 5.74) is 2.30. The van der Waals surface area contributed by atoms with Crippen LogP contribution in [0.3, 0.4) is 0 Å². The van der Waals surface area contributed by atoms with E-state index in [1.54, 1.807) is 12.1 Å². The van der Waals surface area contributed by atoms with Crippen molar-refractivity contribution in [1.82, 2.24) is 0 Å². The molecule has 125 valence electrons. The zero-order valence-electron chi connectivity index (χ0n) is 14.4. The van der Waals surface area contributed by atoms with Crippen molar-refractivity contribution in [3.05, 3.63) is 64.3 Å². The third-order valence-corrected chi connectivity index (χ3v) is 7.08. The Labute approximate surface area is 158 Å². The average molecular weight is 406 g/mol. The first-order valence-corrected chi connectivity index (χ1v) is 14.6. The van der Waals surface area contributed by atoms with Gasteiger partial charge in [0.15, 0.2) is 0 Å². The zero-order chi connectivity index (χ0) is 17.8. The number of rotatable bonds is 3. The monoisotopic (exact) mass is 405 g/mol. The molecule has 0 unspecified atom stereocenters. The fraction of sp³-hybridized carbons (Fsp3) is 0.353. The summed E-state index contributed by atoms with van der Waals surface area (Å²) < 4.78 is 13.0. The Morgan fingerprint density at radius 1 is 0.870 bits per heavy atom. The van der Waals surface area contributed by atoms with Gasteiger partial charge in [0.25, 0.3) is 0 Å². The first-order chi connectivity index (χ1) is 10.7. The summed E-state index contributed by atoms with van der Waals surface area (Å²) in [6.45, 7) is 13.3. The molecule has 0 atom stereocenters. The first kappa shape index (κ1) is 21.5. The molecule has 6 heteroatoms. The molecule has 1 aliphatic carbocycles. The van der Waals surface area contributed by atoms with Crippen molar-refractivity contribution in [2.45, 2.75) is 40.8 Å². The van der Waals surface area contributed by atoms with Gasteiger partial charge >= 0.3 is 35.6 Å². The third-order valence-electron chi connectivity index (χ3n) is 4.28. The van der Waals surface area contributed by atoms with Gasteiger partial charge in [-0.25, -0.2) is 4.39 Å². The van der Waals surface area contributed by atoms with Crippen molar-refractivity contribution in [2.24, 2.45) is 0 Å². The van der Waals surface area contributed by atoms with Crippen molar-refractivity contribution in [1.29, 1.82) is 0 Å². The van der Waals surface area contributed by atoms with E-state index in [0.717, 1.165) is 5.69 Å². The molecule has 1 aromatic carbocycles. The van der Waals surface area contributed by atoms with Gasteiger partial charge in [-0.15, -0.1) is 5.69 Å². The molecule has 23 heavy (non-hydrogen) atoms. The van der Waals surface area contributed by atoms with E-state index >= 15 is 0 Å². The fourth-order valence-electron chi connectivity index (χ4n) is 3.03. The summed E-state index contributed by atoms with van der Waals surface area (Å²) in [7, 11) is 7.84. The van der Waals surface area contributed by atoms with Crippen LogP contribution in [0.4, 0.5) is 10.1 Å². The Kier molecular flexibility index (Phi) is 8.64. The van der Waals surface area contributed by atoms with Gasteiger partial charge < -0.3 is 4.98 Å². The van der Waals surface area contributed by atoms with Crippen LogP contribution in [0.1, 0.15) is 27.7 Å². The summed E-state index contributed by atoms with van der Waals surface area (Å²) in [5.74, 6) is 5.31. The van der Waals surface area contributed by atoms with Crippen LogP contribution in [0.2, 0.25) is 13.1 Å². The normalized spacial score (nSPS) is 18.7. The van der Waals surface area contributed by atoms with Crippen LogP contribution in [0.15, 0.2) is 24.3 Å². The van der Waals surface area contributed by atoms with E-state index in [2.05, 4.69) is 40.8 Å². The molecule has 1 saturated carbocycles. The van der Waals surface area contributed by atoms with Crippen LogP contribution in [-0.4, -0.2) is 8.24 Å². The van der Waals surface area contributed by atoms with Gasteiger partial charge in [0.1, 0.15) is 5.82 Å². The Balaban J connectivity index is 0.000000816. The zero-order valence-corrected chi connectivity index (χ0v) is 18.5. The minimum absolute atomic E-state index is 0.212. The number of nitrogens with zero attached hydrogens (tertiary/aromatic N) is 1. The number of halogens is 3. The molecule has 1 aliphatic rings. The molecule has 0 N–H and O–H groups in total. The Bertz CT molecular complexity index is 472. The molecule has 0 saturated heterocycles. The molecule has 2 rings (SSSR count). The standard InChI is InChI=1S/C17H22FNSi.2ClH.Ti/c1-11-12(2)14(4)17(13(11)3)20(5,6)19-16-9-7-15(18)8-10-16;;;/h7-10H,1-6H3;2*1H;/q-1;;;+2/p-2. The molecule has 0 aliphatic heterocycles. The Morgan fingerprint density at radius 3 is 1.65 bits per heavy atom. The first-order valence-electron chi connectivity index (χ1n) is 7.34. The van der Waals surface area contributed by atoms with E-state index < -0.39 is 25.3 Å². The van der Waals surface area contributed by atoms with Crippen LogP contribution in [-0.2, 0) is 17.0 Å². The molecule has 1 aromatic rings. The second-order valence-corrected chi connectivity index (χ2v) is 12.5. The van der Waals surface area contributed by atoms with Crippen molar-refractivity contribution in [2.75, 3.05) is 0 Å². The average Bonchev–Trinajstić information content (AvgIpc) is 2.66. The van der Waals surface area contributed by atoms with Crippen LogP contribution in [0.5, 0.6) is 0 Å². The molecular formula is C17H22Cl2FNSiTi-. The van der Waals surface area contributed by atoms with Gasteiger partial charge in [-0.1, -0.05) is 52.9 Å². The van der Waals surface area contributed by atoms with E-state index in [-0.39, 0.29) is 5.82 Å². The summed E-state index contributed by atoms with van der Waals surface area (Å²) in [4.78, 5) is 4.95. The molecule has 0 bridgehead atoms. The quantitative estimate of drug-likeness (QED) is 0.484. The summed E-state index contributed by atoms with van der Waals surface area (Å²) >= 11 is -0.556. The van der Waals surface area contributed by atoms with E-state index in [1.807, 2.05) is 0 Å². The SMILES string of the molecule is C[C]1[C](C)[C](C)[C]([Si](C)(C)[N-]c2ccc(F)cc2)[C]1C.[Cl][Ti][Cl]. The fourth-order valence-corrected chi connectivity index (χ4v) is 6.15. The topological polar surface area (TPSA) is 14.1 Å². The number of hydrogen-bond donors (Lipinski definition) is 0. The van der Waals surface area contributed by atoms with Gasteiger partial charge in [-0.2, -0.15) is 0 Å². The Morgan fingerprint density at radius 2 is 1.26 bits per heavy atom. The van der Waals surface area contributed by atoms with Crippen LogP contribution < -0.4 is 0 Å². The molecule has 0 amide bonds. The van der Waals surface area contributed by atoms with Crippen LogP contribution in [0, 0.1) is 35.0 Å². The van der Waals surface area contributed by atoms with E-state index in [0.29, 0.717) is 0 Å². The van der Waals surface area contributed by atoms with Crippen molar-refractivity contribution in [3.8, 4) is 0 Å². The molecule has 1 fully saturated rings. The predicted molar refractivity (Wildman–Crippen MR) is 97.5 cm³/mol. The second-order valence-electron chi connectivity index (χ2n) is 6.09. The number of hydrogen-bond acceptors (Lipinski definition) is 0. The molecule has 5 radical (unpaired) electrons. The van der Waals surface area contributed by atoms with Crippen molar-refractivity contribution in [3.63, 3.8) is 0 Å². The van der Waals surface area contributed by atoms with Gasteiger partial charge in [0.2, 0.25) is 0 Å². The van der Waals surface area contributed by atoms with Crippen molar-refractivity contribution >= 4 is 32.5 Å². The second kappa shape index (κ2) is 9.24. The van der Waals surface area contributed by atoms with Gasteiger partial charge in [0, 0.05) is 0 Å². The maximum absolute atomic E-state index is 13.0. The van der Waals surface area contributed by atoms with Gasteiger partial charge in [0.05, 0.1) is 0 Å². The van der Waals surface area contributed by atoms with Gasteiger partial charge in [-0.05, 0) is 49.6 Å². The van der Waals surface area contributed by atoms with Crippen LogP contribution in [0.25, 0.3) is 4.98 Å². The summed E-state index contributed by atoms with van der Waals surface area (Å²) in [6.07, 6.45) is 0. The summed E-state index contributed by atoms with van der Waals surface area (Å²) in [6, 6.07) is 6.48. The Hall–Kier alpha value is 0.461. The summed E-state index contributed by atoms with van der Waals surface area (Å²) in [5, 5.41) is 0. The van der Waals surface area contributed by atoms with E-state index in [9.17, 15) is 4.39 Å². The maximum atomic E-state index is 13.0. The molecular weight excluding hydrogens is 384 g/mol. The van der Waals surface area contributed by atoms with E-state index in [4.69, 9.17) is 23.6 Å². The molecule has 0 spiro atoms. The number of benzene rings is 1.